The van der Waals surface area contributed by atoms with E-state index in [0.717, 1.165) is 35.2 Å². The van der Waals surface area contributed by atoms with Gasteiger partial charge in [-0.15, -0.1) is 0 Å². The Hall–Kier alpha value is -0.430. The van der Waals surface area contributed by atoms with Crippen LogP contribution in [0.25, 0.3) is 0 Å². The summed E-state index contributed by atoms with van der Waals surface area (Å²) in [6.07, 6.45) is 6.41. The maximum atomic E-state index is 8.66. The molecular formula is C10H16IN3O. The minimum atomic E-state index is 0.286. The lowest BCUT2D eigenvalue weighted by molar-refractivity contribution is 0.283. The van der Waals surface area contributed by atoms with E-state index in [1.165, 1.54) is 0 Å². The molecule has 1 rings (SSSR count). The lowest BCUT2D eigenvalue weighted by Crippen LogP contribution is -2.20. The van der Waals surface area contributed by atoms with Crippen LogP contribution in [0.3, 0.4) is 0 Å². The fourth-order valence-corrected chi connectivity index (χ4v) is 2.04. The van der Waals surface area contributed by atoms with Gasteiger partial charge >= 0.3 is 0 Å². The number of aliphatic hydroxyl groups is 1. The van der Waals surface area contributed by atoms with Crippen molar-refractivity contribution < 1.29 is 5.11 Å². The van der Waals surface area contributed by atoms with Crippen LogP contribution in [0, 0.1) is 3.57 Å². The monoisotopic (exact) mass is 321 g/mol. The number of aliphatic hydroxyl groups excluding tert-OH is 1. The molecule has 15 heavy (non-hydrogen) atoms. The van der Waals surface area contributed by atoms with E-state index in [-0.39, 0.29) is 6.61 Å². The van der Waals surface area contributed by atoms with E-state index in [1.54, 1.807) is 6.33 Å². The lowest BCUT2D eigenvalue weighted by atomic mass is 10.2. The molecular weight excluding hydrogens is 305 g/mol. The minimum absolute atomic E-state index is 0.286. The molecule has 0 saturated heterocycles. The van der Waals surface area contributed by atoms with Crippen LogP contribution in [0.4, 0.5) is 5.82 Å². The van der Waals surface area contributed by atoms with Gasteiger partial charge in [-0.05, 0) is 41.9 Å². The molecule has 1 aromatic rings. The van der Waals surface area contributed by atoms with Crippen LogP contribution in [0.5, 0.6) is 0 Å². The maximum Gasteiger partial charge on any atom is 0.145 e. The summed E-state index contributed by atoms with van der Waals surface area (Å²) in [4.78, 5) is 10.3. The minimum Gasteiger partial charge on any atom is -0.396 e. The smallest absolute Gasteiger partial charge is 0.145 e. The molecule has 1 aromatic heterocycles. The summed E-state index contributed by atoms with van der Waals surface area (Å²) in [7, 11) is 2.03. The highest BCUT2D eigenvalue weighted by atomic mass is 127. The van der Waals surface area contributed by atoms with Crippen molar-refractivity contribution in [2.75, 3.05) is 25.1 Å². The molecule has 0 amide bonds. The Morgan fingerprint density at radius 2 is 2.20 bits per heavy atom. The molecule has 0 aliphatic rings. The summed E-state index contributed by atoms with van der Waals surface area (Å²) < 4.78 is 1.07. The number of nitrogens with zero attached hydrogens (tertiary/aromatic N) is 3. The van der Waals surface area contributed by atoms with E-state index < -0.39 is 0 Å². The van der Waals surface area contributed by atoms with Crippen molar-refractivity contribution in [2.45, 2.75) is 19.3 Å². The van der Waals surface area contributed by atoms with Crippen molar-refractivity contribution in [2.24, 2.45) is 0 Å². The highest BCUT2D eigenvalue weighted by Gasteiger charge is 2.05. The zero-order valence-electron chi connectivity index (χ0n) is 8.86. The highest BCUT2D eigenvalue weighted by Crippen LogP contribution is 2.16. The van der Waals surface area contributed by atoms with Gasteiger partial charge < -0.3 is 10.0 Å². The Labute approximate surface area is 104 Å². The average Bonchev–Trinajstić information content (AvgIpc) is 2.25. The summed E-state index contributed by atoms with van der Waals surface area (Å²) in [6.45, 7) is 1.25. The second kappa shape index (κ2) is 6.95. The van der Waals surface area contributed by atoms with E-state index in [1.807, 2.05) is 13.2 Å². The molecule has 0 spiro atoms. The van der Waals surface area contributed by atoms with E-state index in [0.29, 0.717) is 0 Å². The molecule has 0 unspecified atom stereocenters. The molecule has 1 heterocycles. The number of rotatable bonds is 6. The molecule has 0 bridgehead atoms. The zero-order valence-corrected chi connectivity index (χ0v) is 11.0. The average molecular weight is 321 g/mol. The number of anilines is 1. The summed E-state index contributed by atoms with van der Waals surface area (Å²) in [5, 5.41) is 8.66. The number of hydrogen-bond donors (Lipinski definition) is 1. The Morgan fingerprint density at radius 3 is 2.87 bits per heavy atom. The lowest BCUT2D eigenvalue weighted by Gasteiger charge is -2.18. The number of unbranched alkanes of at least 4 members (excludes halogenated alkanes) is 2. The second-order valence-electron chi connectivity index (χ2n) is 3.40. The fraction of sp³-hybridized carbons (Fsp3) is 0.600. The SMILES string of the molecule is CN(CCCCCO)c1ncncc1I. The third kappa shape index (κ3) is 4.29. The van der Waals surface area contributed by atoms with Crippen molar-refractivity contribution >= 4 is 28.4 Å². The summed E-state index contributed by atoms with van der Waals surface area (Å²) in [5.74, 6) is 0.981. The van der Waals surface area contributed by atoms with Gasteiger partial charge in [0.1, 0.15) is 12.1 Å². The maximum absolute atomic E-state index is 8.66. The van der Waals surface area contributed by atoms with Crippen LogP contribution < -0.4 is 4.90 Å². The number of aromatic nitrogens is 2. The van der Waals surface area contributed by atoms with Crippen molar-refractivity contribution in [3.8, 4) is 0 Å². The summed E-state index contributed by atoms with van der Waals surface area (Å²) in [6, 6.07) is 0. The van der Waals surface area contributed by atoms with E-state index in [4.69, 9.17) is 5.11 Å². The second-order valence-corrected chi connectivity index (χ2v) is 4.56. The first-order valence-electron chi connectivity index (χ1n) is 5.03. The van der Waals surface area contributed by atoms with E-state index in [2.05, 4.69) is 37.5 Å². The molecule has 0 aliphatic heterocycles. The van der Waals surface area contributed by atoms with Gasteiger partial charge in [-0.25, -0.2) is 9.97 Å². The van der Waals surface area contributed by atoms with Crippen LogP contribution in [0.15, 0.2) is 12.5 Å². The number of halogens is 1. The van der Waals surface area contributed by atoms with Crippen molar-refractivity contribution in [1.82, 2.24) is 9.97 Å². The summed E-state index contributed by atoms with van der Waals surface area (Å²) >= 11 is 2.24. The van der Waals surface area contributed by atoms with E-state index >= 15 is 0 Å². The number of hydrogen-bond acceptors (Lipinski definition) is 4. The van der Waals surface area contributed by atoms with Crippen LogP contribution in [-0.4, -0.2) is 35.3 Å². The molecule has 0 aromatic carbocycles. The van der Waals surface area contributed by atoms with Gasteiger partial charge in [0.25, 0.3) is 0 Å². The third-order valence-electron chi connectivity index (χ3n) is 2.16. The molecule has 0 atom stereocenters. The first-order chi connectivity index (χ1) is 7.25. The van der Waals surface area contributed by atoms with Crippen LogP contribution in [-0.2, 0) is 0 Å². The standard InChI is InChI=1S/C10H16IN3O/c1-14(5-3-2-4-6-15)10-9(11)7-12-8-13-10/h7-8,15H,2-6H2,1H3. The molecule has 1 N–H and O–H groups in total. The van der Waals surface area contributed by atoms with Crippen molar-refractivity contribution in [3.05, 3.63) is 16.1 Å². The van der Waals surface area contributed by atoms with Crippen LogP contribution in [0.2, 0.25) is 0 Å². The molecule has 0 aliphatic carbocycles. The van der Waals surface area contributed by atoms with Crippen molar-refractivity contribution in [3.63, 3.8) is 0 Å². The Balaban J connectivity index is 2.40. The Morgan fingerprint density at radius 1 is 1.40 bits per heavy atom. The normalized spacial score (nSPS) is 10.3. The first-order valence-corrected chi connectivity index (χ1v) is 6.11. The molecule has 4 nitrogen and oxygen atoms in total. The van der Waals surface area contributed by atoms with Gasteiger partial charge in [-0.2, -0.15) is 0 Å². The third-order valence-corrected chi connectivity index (χ3v) is 2.92. The molecule has 0 radical (unpaired) electrons. The summed E-state index contributed by atoms with van der Waals surface area (Å²) in [5.41, 5.74) is 0. The zero-order chi connectivity index (χ0) is 11.1. The highest BCUT2D eigenvalue weighted by molar-refractivity contribution is 14.1. The topological polar surface area (TPSA) is 49.2 Å². The molecule has 0 saturated carbocycles. The van der Waals surface area contributed by atoms with E-state index in [9.17, 15) is 0 Å². The van der Waals surface area contributed by atoms with Crippen molar-refractivity contribution in [1.29, 1.82) is 0 Å². The van der Waals surface area contributed by atoms with Gasteiger partial charge in [0.15, 0.2) is 0 Å². The Kier molecular flexibility index (Phi) is 5.85. The largest absolute Gasteiger partial charge is 0.396 e. The Bertz CT molecular complexity index is 296. The van der Waals surface area contributed by atoms with Crippen LogP contribution in [0.1, 0.15) is 19.3 Å². The van der Waals surface area contributed by atoms with Gasteiger partial charge in [0.05, 0.1) is 3.57 Å². The quantitative estimate of drug-likeness (QED) is 0.640. The molecule has 5 heteroatoms. The van der Waals surface area contributed by atoms with Crippen LogP contribution >= 0.6 is 22.6 Å². The molecule has 84 valence electrons. The predicted octanol–water partition coefficient (Wildman–Crippen LogP) is 1.68. The predicted molar refractivity (Wildman–Crippen MR) is 69.0 cm³/mol. The van der Waals surface area contributed by atoms with Gasteiger partial charge in [0, 0.05) is 26.4 Å². The molecule has 0 fully saturated rings. The van der Waals surface area contributed by atoms with Gasteiger partial charge in [-0.1, -0.05) is 0 Å². The van der Waals surface area contributed by atoms with Gasteiger partial charge in [0.2, 0.25) is 0 Å². The first kappa shape index (κ1) is 12.6. The fourth-order valence-electron chi connectivity index (χ4n) is 1.33. The van der Waals surface area contributed by atoms with Gasteiger partial charge in [-0.3, -0.25) is 0 Å².